The van der Waals surface area contributed by atoms with Crippen molar-refractivity contribution in [2.45, 2.75) is 25.0 Å². The third-order valence-corrected chi connectivity index (χ3v) is 5.38. The summed E-state index contributed by atoms with van der Waals surface area (Å²) in [5.74, 6) is -1.83. The first-order valence-corrected chi connectivity index (χ1v) is 9.65. The number of aliphatic hydroxyl groups is 2. The molecule has 4 amide bonds. The molecule has 8 nitrogen and oxygen atoms in total. The summed E-state index contributed by atoms with van der Waals surface area (Å²) in [6.45, 7) is -0.377. The maximum Gasteiger partial charge on any atom is 0.261 e. The van der Waals surface area contributed by atoms with Gasteiger partial charge in [0.15, 0.2) is 0 Å². The van der Waals surface area contributed by atoms with E-state index >= 15 is 0 Å². The van der Waals surface area contributed by atoms with E-state index in [1.165, 1.54) is 0 Å². The summed E-state index contributed by atoms with van der Waals surface area (Å²) in [6.07, 6.45) is -1.89. The predicted octanol–water partition coefficient (Wildman–Crippen LogP) is 1.08. The highest BCUT2D eigenvalue weighted by molar-refractivity contribution is 6.22. The Hall–Kier alpha value is -3.36. The van der Waals surface area contributed by atoms with E-state index in [2.05, 4.69) is 0 Å². The SMILES string of the molecule is O=C1c2ccccc2C(=O)N1CC(O)CCC(O)CN1C(=O)c2ccccc2C1=O. The van der Waals surface area contributed by atoms with Gasteiger partial charge in [0.25, 0.3) is 23.6 Å². The van der Waals surface area contributed by atoms with Gasteiger partial charge in [-0.15, -0.1) is 0 Å². The number of amides is 4. The van der Waals surface area contributed by atoms with Crippen LogP contribution >= 0.6 is 0 Å². The van der Waals surface area contributed by atoms with Crippen LogP contribution in [0.5, 0.6) is 0 Å². The highest BCUT2D eigenvalue weighted by atomic mass is 16.3. The molecule has 2 heterocycles. The minimum absolute atomic E-state index is 0.0950. The zero-order valence-electron chi connectivity index (χ0n) is 16.0. The average molecular weight is 408 g/mol. The number of benzene rings is 2. The Morgan fingerprint density at radius 1 is 0.567 bits per heavy atom. The fourth-order valence-corrected chi connectivity index (χ4v) is 3.80. The summed E-state index contributed by atoms with van der Waals surface area (Å²) in [5.41, 5.74) is 1.22. The number of β-amino-alcohol motifs (C(OH)–C–C–N with tert-alkyl or cyclic N) is 2. The van der Waals surface area contributed by atoms with Crippen molar-refractivity contribution in [2.24, 2.45) is 0 Å². The van der Waals surface area contributed by atoms with Crippen molar-refractivity contribution >= 4 is 23.6 Å². The molecule has 4 rings (SSSR count). The predicted molar refractivity (Wildman–Crippen MR) is 105 cm³/mol. The van der Waals surface area contributed by atoms with Gasteiger partial charge >= 0.3 is 0 Å². The minimum atomic E-state index is -1.04. The number of rotatable bonds is 7. The van der Waals surface area contributed by atoms with E-state index in [1.807, 2.05) is 0 Å². The van der Waals surface area contributed by atoms with Gasteiger partial charge in [-0.1, -0.05) is 24.3 Å². The average Bonchev–Trinajstić information content (AvgIpc) is 3.13. The lowest BCUT2D eigenvalue weighted by atomic mass is 10.1. The molecule has 2 aliphatic heterocycles. The maximum atomic E-state index is 12.4. The molecule has 2 aromatic carbocycles. The second kappa shape index (κ2) is 7.81. The molecule has 0 aliphatic carbocycles. The van der Waals surface area contributed by atoms with Crippen molar-refractivity contribution < 1.29 is 29.4 Å². The number of aliphatic hydroxyl groups excluding tert-OH is 2. The summed E-state index contributed by atoms with van der Waals surface area (Å²) >= 11 is 0. The molecule has 2 aliphatic rings. The molecule has 2 atom stereocenters. The normalized spacial score (nSPS) is 17.4. The van der Waals surface area contributed by atoms with Gasteiger partial charge in [-0.25, -0.2) is 0 Å². The molecule has 0 aromatic heterocycles. The van der Waals surface area contributed by atoms with Crippen LogP contribution in [0.25, 0.3) is 0 Å². The van der Waals surface area contributed by atoms with Gasteiger partial charge in [0.05, 0.1) is 47.6 Å². The third kappa shape index (κ3) is 3.40. The van der Waals surface area contributed by atoms with Crippen LogP contribution in [0.2, 0.25) is 0 Å². The van der Waals surface area contributed by atoms with Gasteiger partial charge in [0, 0.05) is 0 Å². The highest BCUT2D eigenvalue weighted by Gasteiger charge is 2.37. The van der Waals surface area contributed by atoms with E-state index < -0.39 is 35.8 Å². The minimum Gasteiger partial charge on any atom is -0.391 e. The Morgan fingerprint density at radius 2 is 0.833 bits per heavy atom. The van der Waals surface area contributed by atoms with Crippen LogP contribution in [0.4, 0.5) is 0 Å². The van der Waals surface area contributed by atoms with Gasteiger partial charge in [-0.05, 0) is 37.1 Å². The van der Waals surface area contributed by atoms with E-state index in [4.69, 9.17) is 0 Å². The first-order valence-electron chi connectivity index (χ1n) is 9.65. The van der Waals surface area contributed by atoms with Crippen molar-refractivity contribution in [2.75, 3.05) is 13.1 Å². The fraction of sp³-hybridized carbons (Fsp3) is 0.273. The summed E-state index contributed by atoms with van der Waals surface area (Å²) in [7, 11) is 0. The number of hydrogen-bond acceptors (Lipinski definition) is 6. The number of carbonyl (C=O) groups excluding carboxylic acids is 4. The second-order valence-electron chi connectivity index (χ2n) is 7.42. The number of hydrogen-bond donors (Lipinski definition) is 2. The van der Waals surface area contributed by atoms with Crippen LogP contribution in [0, 0.1) is 0 Å². The zero-order chi connectivity index (χ0) is 21.4. The first kappa shape index (κ1) is 19.9. The quantitative estimate of drug-likeness (QED) is 0.663. The van der Waals surface area contributed by atoms with Crippen molar-refractivity contribution in [3.63, 3.8) is 0 Å². The molecule has 0 saturated heterocycles. The van der Waals surface area contributed by atoms with Crippen LogP contribution in [-0.2, 0) is 0 Å². The summed E-state index contributed by atoms with van der Waals surface area (Å²) < 4.78 is 0. The molecule has 0 spiro atoms. The maximum absolute atomic E-state index is 12.4. The standard InChI is InChI=1S/C22H20N2O6/c25-13(11-23-19(27)15-5-1-2-6-16(15)20(23)28)9-10-14(26)12-24-21(29)17-7-3-4-8-18(17)22(24)30/h1-8,13-14,25-26H,9-12H2. The third-order valence-electron chi connectivity index (χ3n) is 5.38. The number of fused-ring (bicyclic) bond motifs is 2. The number of nitrogens with zero attached hydrogens (tertiary/aromatic N) is 2. The van der Waals surface area contributed by atoms with Gasteiger partial charge in [-0.2, -0.15) is 0 Å². The molecule has 0 radical (unpaired) electrons. The van der Waals surface area contributed by atoms with E-state index in [0.29, 0.717) is 22.3 Å². The lowest BCUT2D eigenvalue weighted by Gasteiger charge is -2.21. The van der Waals surface area contributed by atoms with E-state index in [9.17, 15) is 29.4 Å². The van der Waals surface area contributed by atoms with Crippen molar-refractivity contribution in [3.8, 4) is 0 Å². The van der Waals surface area contributed by atoms with Crippen molar-refractivity contribution in [1.29, 1.82) is 0 Å². The highest BCUT2D eigenvalue weighted by Crippen LogP contribution is 2.24. The lowest BCUT2D eigenvalue weighted by molar-refractivity contribution is 0.0429. The molecule has 2 N–H and O–H groups in total. The summed E-state index contributed by atoms with van der Waals surface area (Å²) in [4.78, 5) is 51.4. The van der Waals surface area contributed by atoms with E-state index in [0.717, 1.165) is 9.80 Å². The molecular weight excluding hydrogens is 388 g/mol. The zero-order valence-corrected chi connectivity index (χ0v) is 16.0. The van der Waals surface area contributed by atoms with Crippen LogP contribution in [0.1, 0.15) is 54.3 Å². The Morgan fingerprint density at radius 3 is 1.10 bits per heavy atom. The molecule has 0 bridgehead atoms. The molecule has 30 heavy (non-hydrogen) atoms. The smallest absolute Gasteiger partial charge is 0.261 e. The monoisotopic (exact) mass is 408 g/mol. The first-order chi connectivity index (χ1) is 14.4. The van der Waals surface area contributed by atoms with Gasteiger partial charge < -0.3 is 10.2 Å². The molecule has 0 fully saturated rings. The molecule has 2 aromatic rings. The molecular formula is C22H20N2O6. The lowest BCUT2D eigenvalue weighted by Crippen LogP contribution is -2.39. The van der Waals surface area contributed by atoms with E-state index in [1.54, 1.807) is 48.5 Å². The van der Waals surface area contributed by atoms with Crippen molar-refractivity contribution in [1.82, 2.24) is 9.80 Å². The number of imide groups is 2. The Balaban J connectivity index is 1.30. The summed E-state index contributed by atoms with van der Waals surface area (Å²) in [5, 5.41) is 20.6. The number of carbonyl (C=O) groups is 4. The Labute approximate surface area is 172 Å². The van der Waals surface area contributed by atoms with Crippen LogP contribution in [-0.4, -0.2) is 68.9 Å². The second-order valence-corrected chi connectivity index (χ2v) is 7.42. The van der Waals surface area contributed by atoms with Crippen LogP contribution < -0.4 is 0 Å². The Bertz CT molecular complexity index is 896. The van der Waals surface area contributed by atoms with Gasteiger partial charge in [-0.3, -0.25) is 29.0 Å². The molecule has 8 heteroatoms. The largest absolute Gasteiger partial charge is 0.391 e. The fourth-order valence-electron chi connectivity index (χ4n) is 3.80. The topological polar surface area (TPSA) is 115 Å². The molecule has 2 unspecified atom stereocenters. The van der Waals surface area contributed by atoms with Crippen molar-refractivity contribution in [3.05, 3.63) is 70.8 Å². The Kier molecular flexibility index (Phi) is 5.19. The summed E-state index contributed by atoms with van der Waals surface area (Å²) in [6, 6.07) is 12.9. The molecule has 0 saturated carbocycles. The van der Waals surface area contributed by atoms with Gasteiger partial charge in [0.2, 0.25) is 0 Å². The molecule has 154 valence electrons. The van der Waals surface area contributed by atoms with Crippen LogP contribution in [0.3, 0.4) is 0 Å². The van der Waals surface area contributed by atoms with E-state index in [-0.39, 0.29) is 25.9 Å². The van der Waals surface area contributed by atoms with Crippen LogP contribution in [0.15, 0.2) is 48.5 Å². The van der Waals surface area contributed by atoms with Gasteiger partial charge in [0.1, 0.15) is 0 Å².